The summed E-state index contributed by atoms with van der Waals surface area (Å²) in [5.74, 6) is -0.325. The molecule has 1 aromatic carbocycles. The number of amides is 2. The van der Waals surface area contributed by atoms with Crippen molar-refractivity contribution in [1.82, 2.24) is 14.7 Å². The molecule has 26 heavy (non-hydrogen) atoms. The molecule has 0 spiro atoms. The Labute approximate surface area is 153 Å². The van der Waals surface area contributed by atoms with Gasteiger partial charge in [0, 0.05) is 44.8 Å². The summed E-state index contributed by atoms with van der Waals surface area (Å²) in [5, 5.41) is 0. The summed E-state index contributed by atoms with van der Waals surface area (Å²) >= 11 is 0. The van der Waals surface area contributed by atoms with Crippen molar-refractivity contribution < 1.29 is 18.7 Å². The van der Waals surface area contributed by atoms with Crippen LogP contribution in [0.5, 0.6) is 0 Å². The van der Waals surface area contributed by atoms with Crippen LogP contribution in [0.1, 0.15) is 24.2 Å². The molecule has 2 unspecified atom stereocenters. The van der Waals surface area contributed by atoms with Crippen molar-refractivity contribution in [1.29, 1.82) is 0 Å². The maximum atomic E-state index is 13.0. The summed E-state index contributed by atoms with van der Waals surface area (Å²) in [5.41, 5.74) is 0.493. The third-order valence-electron chi connectivity index (χ3n) is 4.88. The molecule has 2 aliphatic rings. The maximum absolute atomic E-state index is 13.0. The Bertz CT molecular complexity index is 634. The average molecular weight is 363 g/mol. The third kappa shape index (κ3) is 4.59. The minimum atomic E-state index is -0.350. The summed E-state index contributed by atoms with van der Waals surface area (Å²) in [6, 6.07) is 5.61. The highest BCUT2D eigenvalue weighted by Gasteiger charge is 2.28. The van der Waals surface area contributed by atoms with E-state index in [1.54, 1.807) is 4.90 Å². The van der Waals surface area contributed by atoms with Gasteiger partial charge in [0.25, 0.3) is 5.91 Å². The number of carbonyl (C=O) groups is 2. The molecule has 0 radical (unpaired) electrons. The van der Waals surface area contributed by atoms with Crippen LogP contribution in [0.2, 0.25) is 0 Å². The van der Waals surface area contributed by atoms with Gasteiger partial charge in [0.1, 0.15) is 5.82 Å². The lowest BCUT2D eigenvalue weighted by Crippen LogP contribution is -2.54. The molecule has 2 saturated heterocycles. The van der Waals surface area contributed by atoms with Gasteiger partial charge in [-0.1, -0.05) is 0 Å². The zero-order valence-electron chi connectivity index (χ0n) is 15.4. The van der Waals surface area contributed by atoms with Crippen LogP contribution in [0.3, 0.4) is 0 Å². The minimum absolute atomic E-state index is 0.0629. The average Bonchev–Trinajstić information content (AvgIpc) is 2.61. The van der Waals surface area contributed by atoms with Gasteiger partial charge >= 0.3 is 0 Å². The van der Waals surface area contributed by atoms with Gasteiger partial charge in [-0.2, -0.15) is 0 Å². The van der Waals surface area contributed by atoms with Gasteiger partial charge in [-0.25, -0.2) is 4.39 Å². The highest BCUT2D eigenvalue weighted by Crippen LogP contribution is 2.13. The highest BCUT2D eigenvalue weighted by atomic mass is 19.1. The molecule has 142 valence electrons. The summed E-state index contributed by atoms with van der Waals surface area (Å²) in [7, 11) is 0. The van der Waals surface area contributed by atoms with Crippen molar-refractivity contribution in [2.75, 3.05) is 45.8 Å². The summed E-state index contributed by atoms with van der Waals surface area (Å²) in [4.78, 5) is 30.7. The molecule has 0 aromatic heterocycles. The number of rotatable bonds is 3. The quantitative estimate of drug-likeness (QED) is 0.810. The molecule has 0 N–H and O–H groups in total. The van der Waals surface area contributed by atoms with Gasteiger partial charge in [-0.3, -0.25) is 14.5 Å². The lowest BCUT2D eigenvalue weighted by molar-refractivity contribution is -0.144. The van der Waals surface area contributed by atoms with E-state index in [2.05, 4.69) is 4.90 Å². The first-order chi connectivity index (χ1) is 12.4. The van der Waals surface area contributed by atoms with Gasteiger partial charge in [-0.05, 0) is 38.1 Å². The van der Waals surface area contributed by atoms with E-state index in [0.717, 1.165) is 0 Å². The maximum Gasteiger partial charge on any atom is 0.253 e. The van der Waals surface area contributed by atoms with Crippen molar-refractivity contribution in [2.45, 2.75) is 26.1 Å². The molecule has 6 nitrogen and oxygen atoms in total. The van der Waals surface area contributed by atoms with E-state index < -0.39 is 0 Å². The van der Waals surface area contributed by atoms with Crippen LogP contribution >= 0.6 is 0 Å². The second-order valence-electron chi connectivity index (χ2n) is 7.13. The molecule has 7 heteroatoms. The van der Waals surface area contributed by atoms with E-state index in [0.29, 0.717) is 51.4 Å². The molecule has 2 aliphatic heterocycles. The Morgan fingerprint density at radius 3 is 2.15 bits per heavy atom. The van der Waals surface area contributed by atoms with E-state index in [4.69, 9.17) is 4.74 Å². The zero-order chi connectivity index (χ0) is 18.7. The van der Waals surface area contributed by atoms with E-state index in [-0.39, 0.29) is 29.8 Å². The molecule has 2 amide bonds. The van der Waals surface area contributed by atoms with Gasteiger partial charge in [-0.15, -0.1) is 0 Å². The number of hydrogen-bond acceptors (Lipinski definition) is 4. The second kappa shape index (κ2) is 8.14. The van der Waals surface area contributed by atoms with Crippen LogP contribution in [0, 0.1) is 5.82 Å². The predicted octanol–water partition coefficient (Wildman–Crippen LogP) is 1.22. The number of hydrogen-bond donors (Lipinski definition) is 0. The minimum Gasteiger partial charge on any atom is -0.372 e. The zero-order valence-corrected chi connectivity index (χ0v) is 15.4. The molecule has 0 bridgehead atoms. The molecular formula is C19H26FN3O3. The van der Waals surface area contributed by atoms with E-state index >= 15 is 0 Å². The molecule has 0 saturated carbocycles. The van der Waals surface area contributed by atoms with Crippen molar-refractivity contribution in [2.24, 2.45) is 0 Å². The molecule has 3 rings (SSSR count). The number of benzene rings is 1. The lowest BCUT2D eigenvalue weighted by Gasteiger charge is -2.38. The first-order valence-electron chi connectivity index (χ1n) is 9.13. The standard InChI is InChI=1S/C19H26FN3O3/c1-14-11-23(12-15(2)26-14)18(24)13-21-7-9-22(10-8-21)19(25)16-3-5-17(20)6-4-16/h3-6,14-15H,7-13H2,1-2H3. The fraction of sp³-hybridized carbons (Fsp3) is 0.579. The number of piperazine rings is 1. The summed E-state index contributed by atoms with van der Waals surface area (Å²) in [6.07, 6.45) is 0.126. The highest BCUT2D eigenvalue weighted by molar-refractivity contribution is 5.94. The molecule has 0 aliphatic carbocycles. The predicted molar refractivity (Wildman–Crippen MR) is 95.3 cm³/mol. The van der Waals surface area contributed by atoms with E-state index in [9.17, 15) is 14.0 Å². The van der Waals surface area contributed by atoms with Gasteiger partial charge in [0.05, 0.1) is 18.8 Å². The van der Waals surface area contributed by atoms with Crippen molar-refractivity contribution in [3.8, 4) is 0 Å². The summed E-state index contributed by atoms with van der Waals surface area (Å²) < 4.78 is 18.7. The SMILES string of the molecule is CC1CN(C(=O)CN2CCN(C(=O)c3ccc(F)cc3)CC2)CC(C)O1. The van der Waals surface area contributed by atoms with Crippen LogP contribution < -0.4 is 0 Å². The molecule has 2 fully saturated rings. The van der Waals surface area contributed by atoms with Gasteiger partial charge in [0.15, 0.2) is 0 Å². The van der Waals surface area contributed by atoms with E-state index in [1.807, 2.05) is 18.7 Å². The number of carbonyl (C=O) groups excluding carboxylic acids is 2. The van der Waals surface area contributed by atoms with Crippen LogP contribution in [-0.4, -0.2) is 84.5 Å². The fourth-order valence-electron chi connectivity index (χ4n) is 3.56. The first-order valence-corrected chi connectivity index (χ1v) is 9.13. The Kier molecular flexibility index (Phi) is 5.88. The van der Waals surface area contributed by atoms with Gasteiger partial charge < -0.3 is 14.5 Å². The van der Waals surface area contributed by atoms with Crippen LogP contribution in [0.15, 0.2) is 24.3 Å². The number of nitrogens with zero attached hydrogens (tertiary/aromatic N) is 3. The van der Waals surface area contributed by atoms with Gasteiger partial charge in [0.2, 0.25) is 5.91 Å². The Balaban J connectivity index is 1.48. The molecular weight excluding hydrogens is 337 g/mol. The van der Waals surface area contributed by atoms with Crippen molar-refractivity contribution in [3.05, 3.63) is 35.6 Å². The van der Waals surface area contributed by atoms with Crippen molar-refractivity contribution >= 4 is 11.8 Å². The number of halogens is 1. The Morgan fingerprint density at radius 1 is 1.00 bits per heavy atom. The second-order valence-corrected chi connectivity index (χ2v) is 7.13. The monoisotopic (exact) mass is 363 g/mol. The molecule has 1 aromatic rings. The fourth-order valence-corrected chi connectivity index (χ4v) is 3.56. The van der Waals surface area contributed by atoms with E-state index in [1.165, 1.54) is 24.3 Å². The van der Waals surface area contributed by atoms with Crippen LogP contribution in [0.4, 0.5) is 4.39 Å². The van der Waals surface area contributed by atoms with Crippen molar-refractivity contribution in [3.63, 3.8) is 0 Å². The third-order valence-corrected chi connectivity index (χ3v) is 4.88. The largest absolute Gasteiger partial charge is 0.372 e. The normalized spacial score (nSPS) is 24.6. The number of morpholine rings is 1. The van der Waals surface area contributed by atoms with Crippen LogP contribution in [-0.2, 0) is 9.53 Å². The molecule has 2 heterocycles. The lowest BCUT2D eigenvalue weighted by atomic mass is 10.1. The summed E-state index contributed by atoms with van der Waals surface area (Å²) in [6.45, 7) is 8.06. The first kappa shape index (κ1) is 18.8. The Morgan fingerprint density at radius 2 is 1.58 bits per heavy atom. The smallest absolute Gasteiger partial charge is 0.253 e. The Hall–Kier alpha value is -1.99. The molecule has 2 atom stereocenters. The van der Waals surface area contributed by atoms with Crippen LogP contribution in [0.25, 0.3) is 0 Å². The number of ether oxygens (including phenoxy) is 1. The topological polar surface area (TPSA) is 53.1 Å².